The van der Waals surface area contributed by atoms with Crippen molar-refractivity contribution in [2.45, 2.75) is 26.9 Å². The van der Waals surface area contributed by atoms with Gasteiger partial charge >= 0.3 is 26.2 Å². The molecule has 0 aromatic heterocycles. The molecule has 0 spiro atoms. The maximum Gasteiger partial charge on any atom is 4.00 e. The summed E-state index contributed by atoms with van der Waals surface area (Å²) in [6, 6.07) is 20.8. The van der Waals surface area contributed by atoms with Crippen LogP contribution in [0.3, 0.4) is 0 Å². The van der Waals surface area contributed by atoms with Crippen molar-refractivity contribution >= 4 is 20.3 Å². The van der Waals surface area contributed by atoms with Gasteiger partial charge in [0.1, 0.15) is 0 Å². The third kappa shape index (κ3) is 9.10. The van der Waals surface area contributed by atoms with Gasteiger partial charge in [-0.25, -0.2) is 12.1 Å². The van der Waals surface area contributed by atoms with Crippen LogP contribution in [0, 0.1) is 13.8 Å². The van der Waals surface area contributed by atoms with E-state index in [0.29, 0.717) is 0 Å². The Labute approximate surface area is 169 Å². The third-order valence-electron chi connectivity index (χ3n) is 2.80. The molecule has 3 aromatic rings. The number of fused-ring (bicyclic) bond motifs is 1. The molecule has 0 nitrogen and oxygen atoms in total. The van der Waals surface area contributed by atoms with E-state index >= 15 is 0 Å². The molecule has 0 aliphatic heterocycles. The van der Waals surface area contributed by atoms with Crippen LogP contribution in [0.25, 0.3) is 10.8 Å². The maximum atomic E-state index is 2.18. The van der Waals surface area contributed by atoms with E-state index in [9.17, 15) is 0 Å². The van der Waals surface area contributed by atoms with Gasteiger partial charge in [0.25, 0.3) is 0 Å². The molecule has 4 heteroatoms. The van der Waals surface area contributed by atoms with E-state index in [1.807, 2.05) is 30.3 Å². The van der Waals surface area contributed by atoms with Crippen LogP contribution in [0.15, 0.2) is 60.7 Å². The Balaban J connectivity index is -0.000000283. The molecule has 0 unspecified atom stereocenters. The molecule has 0 aliphatic rings. The van der Waals surface area contributed by atoms with Crippen LogP contribution in [-0.2, 0) is 26.2 Å². The summed E-state index contributed by atoms with van der Waals surface area (Å²) in [5.41, 5.74) is 2.74. The van der Waals surface area contributed by atoms with Crippen molar-refractivity contribution in [3.8, 4) is 0 Å². The SMILES string of the molecule is C[Si]C.Cc1ccc(C)c2[cH-]ccc12.[Cl-].[Cl-].[Zr+4].c1cc[cH-]c1. The number of hydrogen-bond donors (Lipinski definition) is 0. The Bertz CT molecular complexity index is 521. The summed E-state index contributed by atoms with van der Waals surface area (Å²) in [5, 5.41) is 2.79. The topological polar surface area (TPSA) is 0 Å². The molecule has 0 fully saturated rings. The van der Waals surface area contributed by atoms with Gasteiger partial charge in [-0.3, -0.25) is 0 Å². The van der Waals surface area contributed by atoms with Crippen molar-refractivity contribution in [2.24, 2.45) is 0 Å². The zero-order chi connectivity index (χ0) is 14.1. The van der Waals surface area contributed by atoms with Crippen LogP contribution < -0.4 is 24.8 Å². The summed E-state index contributed by atoms with van der Waals surface area (Å²) in [5.74, 6) is 0. The molecular weight excluding hydrogens is 406 g/mol. The molecule has 116 valence electrons. The third-order valence-corrected chi connectivity index (χ3v) is 2.80. The molecular formula is C18H22Cl2SiZr. The van der Waals surface area contributed by atoms with E-state index in [4.69, 9.17) is 0 Å². The summed E-state index contributed by atoms with van der Waals surface area (Å²) in [4.78, 5) is 0. The molecule has 0 N–H and O–H groups in total. The predicted octanol–water partition coefficient (Wildman–Crippen LogP) is -0.627. The van der Waals surface area contributed by atoms with Crippen molar-refractivity contribution < 1.29 is 51.0 Å². The second-order valence-corrected chi connectivity index (χ2v) is 5.51. The van der Waals surface area contributed by atoms with E-state index < -0.39 is 0 Å². The Hall–Kier alpha value is -0.140. The van der Waals surface area contributed by atoms with Crippen molar-refractivity contribution in [2.75, 3.05) is 0 Å². The van der Waals surface area contributed by atoms with Crippen LogP contribution in [0.4, 0.5) is 0 Å². The van der Waals surface area contributed by atoms with Gasteiger partial charge < -0.3 is 24.8 Å². The first-order chi connectivity index (χ1) is 9.20. The minimum Gasteiger partial charge on any atom is -1.00 e. The van der Waals surface area contributed by atoms with E-state index in [1.54, 1.807) is 0 Å². The Kier molecular flexibility index (Phi) is 19.1. The number of rotatable bonds is 0. The van der Waals surface area contributed by atoms with Crippen LogP contribution in [-0.4, -0.2) is 9.52 Å². The zero-order valence-corrected chi connectivity index (χ0v) is 18.5. The summed E-state index contributed by atoms with van der Waals surface area (Å²) in [6.45, 7) is 8.61. The number of benzene rings is 1. The van der Waals surface area contributed by atoms with Crippen LogP contribution in [0.2, 0.25) is 13.1 Å². The number of aryl methyl sites for hydroxylation is 2. The van der Waals surface area contributed by atoms with Gasteiger partial charge in [-0.2, -0.15) is 30.3 Å². The first-order valence-corrected chi connectivity index (χ1v) is 8.57. The van der Waals surface area contributed by atoms with Crippen molar-refractivity contribution in [3.63, 3.8) is 0 Å². The van der Waals surface area contributed by atoms with Gasteiger partial charge in [0.2, 0.25) is 0 Å². The quantitative estimate of drug-likeness (QED) is 0.331. The van der Waals surface area contributed by atoms with Crippen molar-refractivity contribution in [1.29, 1.82) is 0 Å². The van der Waals surface area contributed by atoms with Crippen LogP contribution in [0.1, 0.15) is 11.1 Å². The van der Waals surface area contributed by atoms with Gasteiger partial charge in [-0.1, -0.05) is 31.6 Å². The minimum absolute atomic E-state index is 0. The normalized spacial score (nSPS) is 8.00. The fourth-order valence-electron chi connectivity index (χ4n) is 1.86. The Morgan fingerprint density at radius 2 is 1.32 bits per heavy atom. The molecule has 0 saturated carbocycles. The fourth-order valence-corrected chi connectivity index (χ4v) is 1.86. The van der Waals surface area contributed by atoms with Gasteiger partial charge in [0.15, 0.2) is 0 Å². The summed E-state index contributed by atoms with van der Waals surface area (Å²) >= 11 is 0. The summed E-state index contributed by atoms with van der Waals surface area (Å²) in [7, 11) is 1.08. The summed E-state index contributed by atoms with van der Waals surface area (Å²) in [6.07, 6.45) is 0. The number of halogens is 2. The molecule has 22 heavy (non-hydrogen) atoms. The first kappa shape index (κ1) is 26.7. The van der Waals surface area contributed by atoms with E-state index in [0.717, 1.165) is 9.52 Å². The van der Waals surface area contributed by atoms with Gasteiger partial charge in [0.05, 0.1) is 0 Å². The van der Waals surface area contributed by atoms with E-state index in [1.165, 1.54) is 21.9 Å². The number of hydrogen-bond acceptors (Lipinski definition) is 0. The molecule has 3 rings (SSSR count). The summed E-state index contributed by atoms with van der Waals surface area (Å²) < 4.78 is 0. The Morgan fingerprint density at radius 1 is 0.818 bits per heavy atom. The standard InChI is InChI=1S/C11H11.C5H5.C2H6Si.2ClH.Zr/c1-8-6-7-9(2)11-5-3-4-10(8)11;1-2-4-5-3-1;1-3-2;;;/h3-7H,1-2H3;1-5H;1-2H3;2*1H;/q2*-1;;;;+4/p-2. The second-order valence-electron chi connectivity index (χ2n) is 4.51. The van der Waals surface area contributed by atoms with Crippen LogP contribution in [0.5, 0.6) is 0 Å². The van der Waals surface area contributed by atoms with Crippen molar-refractivity contribution in [3.05, 3.63) is 71.8 Å². The molecule has 0 amide bonds. The van der Waals surface area contributed by atoms with Gasteiger partial charge in [-0.15, -0.1) is 28.5 Å². The van der Waals surface area contributed by atoms with Crippen LogP contribution >= 0.6 is 0 Å². The average Bonchev–Trinajstić information content (AvgIpc) is 3.07. The average molecular weight is 429 g/mol. The molecule has 0 bridgehead atoms. The first-order valence-electron chi connectivity index (χ1n) is 6.57. The maximum absolute atomic E-state index is 2.18. The van der Waals surface area contributed by atoms with Gasteiger partial charge in [0, 0.05) is 9.52 Å². The largest absolute Gasteiger partial charge is 4.00 e. The molecule has 0 heterocycles. The minimum atomic E-state index is 0. The molecule has 3 aromatic carbocycles. The molecule has 2 radical (unpaired) electrons. The van der Waals surface area contributed by atoms with E-state index in [-0.39, 0.29) is 51.0 Å². The molecule has 0 atom stereocenters. The zero-order valence-electron chi connectivity index (χ0n) is 13.5. The van der Waals surface area contributed by atoms with Gasteiger partial charge in [-0.05, 0) is 6.92 Å². The predicted molar refractivity (Wildman–Crippen MR) is 88.5 cm³/mol. The smallest absolute Gasteiger partial charge is 1.00 e. The monoisotopic (exact) mass is 426 g/mol. The van der Waals surface area contributed by atoms with Crippen molar-refractivity contribution in [1.82, 2.24) is 0 Å². The second kappa shape index (κ2) is 15.7. The molecule has 0 aliphatic carbocycles. The van der Waals surface area contributed by atoms with E-state index in [2.05, 4.69) is 57.3 Å². The fraction of sp³-hybridized carbons (Fsp3) is 0.222. The molecule has 0 saturated heterocycles. The Morgan fingerprint density at radius 3 is 1.73 bits per heavy atom.